The number of rotatable bonds is 6. The van der Waals surface area contributed by atoms with Crippen LogP contribution in [0.3, 0.4) is 0 Å². The molecule has 0 saturated heterocycles. The van der Waals surface area contributed by atoms with Crippen LogP contribution in [0.4, 0.5) is 5.13 Å². The Morgan fingerprint density at radius 2 is 2.09 bits per heavy atom. The van der Waals surface area contributed by atoms with Crippen LogP contribution in [0.15, 0.2) is 24.3 Å². The summed E-state index contributed by atoms with van der Waals surface area (Å²) in [5.41, 5.74) is 0.864. The van der Waals surface area contributed by atoms with Gasteiger partial charge in [0.1, 0.15) is 10.8 Å². The molecule has 1 aliphatic carbocycles. The van der Waals surface area contributed by atoms with Gasteiger partial charge in [-0.2, -0.15) is 0 Å². The monoisotopic (exact) mass is 331 g/mol. The number of benzene rings is 1. The number of carbonyl (C=O) groups excluding carboxylic acids is 1. The molecule has 6 heteroatoms. The first-order chi connectivity index (χ1) is 11.2. The Hall–Kier alpha value is -1.95. The molecule has 0 radical (unpaired) electrons. The zero-order chi connectivity index (χ0) is 16.1. The molecule has 2 aromatic rings. The van der Waals surface area contributed by atoms with Crippen LogP contribution in [-0.4, -0.2) is 23.2 Å². The van der Waals surface area contributed by atoms with Gasteiger partial charge in [-0.25, -0.2) is 0 Å². The molecule has 1 fully saturated rings. The van der Waals surface area contributed by atoms with Crippen molar-refractivity contribution in [1.82, 2.24) is 10.2 Å². The van der Waals surface area contributed by atoms with Crippen LogP contribution in [0.2, 0.25) is 0 Å². The number of para-hydroxylation sites is 1. The summed E-state index contributed by atoms with van der Waals surface area (Å²) < 4.78 is 5.27. The Kier molecular flexibility index (Phi) is 5.23. The predicted molar refractivity (Wildman–Crippen MR) is 90.9 cm³/mol. The lowest BCUT2D eigenvalue weighted by molar-refractivity contribution is -0.115. The summed E-state index contributed by atoms with van der Waals surface area (Å²) >= 11 is 1.48. The Bertz CT molecular complexity index is 665. The lowest BCUT2D eigenvalue weighted by Gasteiger charge is -2.07. The zero-order valence-electron chi connectivity index (χ0n) is 13.2. The van der Waals surface area contributed by atoms with Crippen molar-refractivity contribution in [2.75, 3.05) is 12.4 Å². The molecule has 1 amide bonds. The Morgan fingerprint density at radius 3 is 2.87 bits per heavy atom. The topological polar surface area (TPSA) is 64.1 Å². The summed E-state index contributed by atoms with van der Waals surface area (Å²) in [6, 6.07) is 7.54. The largest absolute Gasteiger partial charge is 0.496 e. The molecule has 23 heavy (non-hydrogen) atoms. The van der Waals surface area contributed by atoms with Gasteiger partial charge in [0.25, 0.3) is 0 Å². The number of ether oxygens (including phenoxy) is 1. The summed E-state index contributed by atoms with van der Waals surface area (Å²) in [6.07, 6.45) is 6.48. The minimum Gasteiger partial charge on any atom is -0.496 e. The minimum absolute atomic E-state index is 0.0990. The summed E-state index contributed by atoms with van der Waals surface area (Å²) in [4.78, 5) is 12.2. The quantitative estimate of drug-likeness (QED) is 0.880. The highest BCUT2D eigenvalue weighted by Gasteiger charge is 2.18. The molecule has 0 bridgehead atoms. The number of methoxy groups -OCH3 is 1. The average molecular weight is 331 g/mol. The highest BCUT2D eigenvalue weighted by atomic mass is 32.1. The van der Waals surface area contributed by atoms with Crippen LogP contribution < -0.4 is 10.1 Å². The van der Waals surface area contributed by atoms with E-state index in [-0.39, 0.29) is 12.3 Å². The smallest absolute Gasteiger partial charge is 0.230 e. The van der Waals surface area contributed by atoms with E-state index in [2.05, 4.69) is 15.5 Å². The zero-order valence-corrected chi connectivity index (χ0v) is 14.1. The Morgan fingerprint density at radius 1 is 1.30 bits per heavy atom. The fourth-order valence-electron chi connectivity index (χ4n) is 3.03. The Labute approximate surface area is 140 Å². The highest BCUT2D eigenvalue weighted by molar-refractivity contribution is 7.15. The van der Waals surface area contributed by atoms with E-state index in [0.717, 1.165) is 28.7 Å². The van der Waals surface area contributed by atoms with Gasteiger partial charge in [0.05, 0.1) is 13.5 Å². The van der Waals surface area contributed by atoms with Crippen LogP contribution in [0, 0.1) is 5.92 Å². The van der Waals surface area contributed by atoms with E-state index >= 15 is 0 Å². The number of aromatic nitrogens is 2. The SMILES string of the molecule is COc1ccccc1CC(=O)Nc1nnc(CC2CCCC2)s1. The fourth-order valence-corrected chi connectivity index (χ4v) is 3.90. The maximum Gasteiger partial charge on any atom is 0.230 e. The summed E-state index contributed by atoms with van der Waals surface area (Å²) in [6.45, 7) is 0. The summed E-state index contributed by atoms with van der Waals surface area (Å²) in [5.74, 6) is 1.36. The van der Waals surface area contributed by atoms with Crippen LogP contribution in [0.1, 0.15) is 36.3 Å². The van der Waals surface area contributed by atoms with Crippen molar-refractivity contribution < 1.29 is 9.53 Å². The molecule has 0 unspecified atom stereocenters. The molecule has 0 atom stereocenters. The summed E-state index contributed by atoms with van der Waals surface area (Å²) in [5, 5.41) is 12.7. The van der Waals surface area contributed by atoms with Crippen LogP contribution >= 0.6 is 11.3 Å². The number of nitrogens with zero attached hydrogens (tertiary/aromatic N) is 2. The minimum atomic E-state index is -0.0990. The molecule has 122 valence electrons. The first kappa shape index (κ1) is 15.9. The van der Waals surface area contributed by atoms with Gasteiger partial charge in [-0.15, -0.1) is 10.2 Å². The van der Waals surface area contributed by atoms with Gasteiger partial charge >= 0.3 is 0 Å². The normalized spacial score (nSPS) is 14.8. The van der Waals surface area contributed by atoms with Gasteiger partial charge in [-0.1, -0.05) is 55.2 Å². The number of hydrogen-bond acceptors (Lipinski definition) is 5. The van der Waals surface area contributed by atoms with Gasteiger partial charge in [0.15, 0.2) is 0 Å². The van der Waals surface area contributed by atoms with Gasteiger partial charge < -0.3 is 10.1 Å². The lowest BCUT2D eigenvalue weighted by atomic mass is 10.1. The van der Waals surface area contributed by atoms with Gasteiger partial charge in [-0.3, -0.25) is 4.79 Å². The molecule has 0 aliphatic heterocycles. The second kappa shape index (κ2) is 7.55. The molecule has 3 rings (SSSR count). The van der Waals surface area contributed by atoms with E-state index in [1.807, 2.05) is 24.3 Å². The van der Waals surface area contributed by atoms with Crippen molar-refractivity contribution >= 4 is 22.4 Å². The van der Waals surface area contributed by atoms with Gasteiger partial charge in [0.2, 0.25) is 11.0 Å². The standard InChI is InChI=1S/C17H21N3O2S/c1-22-14-9-5-4-8-13(14)11-15(21)18-17-20-19-16(23-17)10-12-6-2-3-7-12/h4-5,8-9,12H,2-3,6-7,10-11H2,1H3,(H,18,20,21). The number of hydrogen-bond donors (Lipinski definition) is 1. The first-order valence-corrected chi connectivity index (χ1v) is 8.80. The highest BCUT2D eigenvalue weighted by Crippen LogP contribution is 2.29. The molecule has 1 aromatic carbocycles. The number of carbonyl (C=O) groups is 1. The average Bonchev–Trinajstić information content (AvgIpc) is 3.20. The van der Waals surface area contributed by atoms with E-state index < -0.39 is 0 Å². The van der Waals surface area contributed by atoms with Crippen LogP contribution in [0.5, 0.6) is 5.75 Å². The third-order valence-electron chi connectivity index (χ3n) is 4.19. The van der Waals surface area contributed by atoms with Crippen molar-refractivity contribution in [3.05, 3.63) is 34.8 Å². The third kappa shape index (κ3) is 4.28. The molecule has 0 spiro atoms. The molecule has 5 nitrogen and oxygen atoms in total. The van der Waals surface area contributed by atoms with Crippen molar-refractivity contribution in [3.63, 3.8) is 0 Å². The van der Waals surface area contributed by atoms with Crippen LogP contribution in [0.25, 0.3) is 0 Å². The first-order valence-electron chi connectivity index (χ1n) is 7.98. The Balaban J connectivity index is 1.56. The summed E-state index contributed by atoms with van der Waals surface area (Å²) in [7, 11) is 1.61. The number of anilines is 1. The number of amides is 1. The molecule has 1 saturated carbocycles. The fraction of sp³-hybridized carbons (Fsp3) is 0.471. The van der Waals surface area contributed by atoms with E-state index in [1.54, 1.807) is 7.11 Å². The maximum atomic E-state index is 12.2. The van der Waals surface area contributed by atoms with Crippen molar-refractivity contribution in [2.24, 2.45) is 5.92 Å². The molecule has 1 heterocycles. The van der Waals surface area contributed by atoms with E-state index in [0.29, 0.717) is 5.13 Å². The number of nitrogens with one attached hydrogen (secondary N) is 1. The second-order valence-electron chi connectivity index (χ2n) is 5.89. The molecule has 1 aromatic heterocycles. The molecule has 1 N–H and O–H groups in total. The molecular weight excluding hydrogens is 310 g/mol. The molecule has 1 aliphatic rings. The van der Waals surface area contributed by atoms with E-state index in [9.17, 15) is 4.79 Å². The van der Waals surface area contributed by atoms with Crippen LogP contribution in [-0.2, 0) is 17.6 Å². The lowest BCUT2D eigenvalue weighted by Crippen LogP contribution is -2.14. The second-order valence-corrected chi connectivity index (χ2v) is 6.95. The van der Waals surface area contributed by atoms with E-state index in [4.69, 9.17) is 4.74 Å². The van der Waals surface area contributed by atoms with Crippen molar-refractivity contribution in [1.29, 1.82) is 0 Å². The van der Waals surface area contributed by atoms with Crippen molar-refractivity contribution in [3.8, 4) is 5.75 Å². The predicted octanol–water partition coefficient (Wildman–Crippen LogP) is 3.46. The third-order valence-corrected chi connectivity index (χ3v) is 5.06. The van der Waals surface area contributed by atoms with Gasteiger partial charge in [0, 0.05) is 12.0 Å². The van der Waals surface area contributed by atoms with Crippen molar-refractivity contribution in [2.45, 2.75) is 38.5 Å². The van der Waals surface area contributed by atoms with Gasteiger partial charge in [-0.05, 0) is 12.0 Å². The maximum absolute atomic E-state index is 12.2. The molecular formula is C17H21N3O2S. The van der Waals surface area contributed by atoms with E-state index in [1.165, 1.54) is 37.0 Å².